The van der Waals surface area contributed by atoms with E-state index in [0.717, 1.165) is 37.0 Å². The van der Waals surface area contributed by atoms with Crippen molar-refractivity contribution >= 4 is 5.97 Å². The van der Waals surface area contributed by atoms with Crippen molar-refractivity contribution in [2.45, 2.75) is 91.9 Å². The average molecular weight is 414 g/mol. The Morgan fingerprint density at radius 1 is 1.27 bits per heavy atom. The zero-order valence-corrected chi connectivity index (χ0v) is 19.7. The van der Waals surface area contributed by atoms with Gasteiger partial charge in [-0.05, 0) is 79.4 Å². The van der Waals surface area contributed by atoms with Crippen LogP contribution in [0.3, 0.4) is 0 Å². The fraction of sp³-hybridized carbons (Fsp3) is 0.778. The van der Waals surface area contributed by atoms with E-state index in [0.29, 0.717) is 11.8 Å². The lowest BCUT2D eigenvalue weighted by molar-refractivity contribution is -0.140. The van der Waals surface area contributed by atoms with Gasteiger partial charge in [0.1, 0.15) is 0 Å². The molecule has 2 aliphatic carbocycles. The maximum atomic E-state index is 11.8. The maximum absolute atomic E-state index is 11.8. The summed E-state index contributed by atoms with van der Waals surface area (Å²) in [6.45, 7) is 13.9. The van der Waals surface area contributed by atoms with Crippen molar-refractivity contribution in [2.75, 3.05) is 0 Å². The molecule has 0 aromatic heterocycles. The summed E-state index contributed by atoms with van der Waals surface area (Å²) in [5.74, 6) is 2.56. The Kier molecular flexibility index (Phi) is 9.20. The Balaban J connectivity index is 2.11. The van der Waals surface area contributed by atoms with Gasteiger partial charge in [0.2, 0.25) is 0 Å². The van der Waals surface area contributed by atoms with Crippen molar-refractivity contribution in [3.05, 3.63) is 24.3 Å². The van der Waals surface area contributed by atoms with Crippen LogP contribution in [0.5, 0.6) is 0 Å². The van der Waals surface area contributed by atoms with Gasteiger partial charge in [0.15, 0.2) is 0 Å². The van der Waals surface area contributed by atoms with E-state index in [-0.39, 0.29) is 17.8 Å². The van der Waals surface area contributed by atoms with Gasteiger partial charge in [-0.25, -0.2) is 0 Å². The molecule has 1 N–H and O–H groups in total. The maximum Gasteiger partial charge on any atom is 0.303 e. The average Bonchev–Trinajstić information content (AvgIpc) is 3.02. The minimum atomic E-state index is -0.667. The number of nitriles is 1. The quantitative estimate of drug-likeness (QED) is 0.283. The molecule has 168 valence electrons. The van der Waals surface area contributed by atoms with Gasteiger partial charge in [-0.3, -0.25) is 4.79 Å². The number of rotatable bonds is 11. The largest absolute Gasteiger partial charge is 0.481 e. The first-order valence-electron chi connectivity index (χ1n) is 12.1. The van der Waals surface area contributed by atoms with Crippen LogP contribution in [0.1, 0.15) is 91.9 Å². The number of fused-ring (bicyclic) bond motifs is 1. The van der Waals surface area contributed by atoms with E-state index in [9.17, 15) is 9.90 Å². The van der Waals surface area contributed by atoms with Crippen molar-refractivity contribution in [1.82, 2.24) is 0 Å². The lowest BCUT2D eigenvalue weighted by atomic mass is 9.54. The second-order valence-corrected chi connectivity index (χ2v) is 10.7. The molecular weight excluding hydrogens is 370 g/mol. The summed E-state index contributed by atoms with van der Waals surface area (Å²) in [4.78, 5) is 11.8. The Labute approximate surface area is 184 Å². The molecule has 0 radical (unpaired) electrons. The van der Waals surface area contributed by atoms with Gasteiger partial charge in [0.25, 0.3) is 0 Å². The normalized spacial score (nSPS) is 32.1. The highest BCUT2D eigenvalue weighted by molar-refractivity contribution is 5.67. The van der Waals surface area contributed by atoms with E-state index in [1.807, 2.05) is 12.1 Å². The Hall–Kier alpha value is -1.56. The fourth-order valence-electron chi connectivity index (χ4n) is 6.90. The van der Waals surface area contributed by atoms with Crippen molar-refractivity contribution < 1.29 is 9.90 Å². The van der Waals surface area contributed by atoms with E-state index < -0.39 is 5.97 Å². The lowest BCUT2D eigenvalue weighted by Crippen LogP contribution is -2.44. The highest BCUT2D eigenvalue weighted by Gasteiger charge is 2.55. The minimum Gasteiger partial charge on any atom is -0.481 e. The second-order valence-electron chi connectivity index (χ2n) is 10.7. The van der Waals surface area contributed by atoms with Crippen LogP contribution in [0.2, 0.25) is 0 Å². The van der Waals surface area contributed by atoms with E-state index in [1.165, 1.54) is 50.2 Å². The van der Waals surface area contributed by atoms with Gasteiger partial charge in [-0.15, -0.1) is 0 Å². The number of nitrogens with zero attached hydrogens (tertiary/aromatic N) is 1. The van der Waals surface area contributed by atoms with Gasteiger partial charge in [-0.1, -0.05) is 65.2 Å². The number of carboxylic acids is 1. The van der Waals surface area contributed by atoms with Crippen LogP contribution < -0.4 is 0 Å². The van der Waals surface area contributed by atoms with Crippen LogP contribution in [0.15, 0.2) is 24.3 Å². The van der Waals surface area contributed by atoms with E-state index in [4.69, 9.17) is 5.26 Å². The van der Waals surface area contributed by atoms with Gasteiger partial charge >= 0.3 is 5.97 Å². The fourth-order valence-corrected chi connectivity index (χ4v) is 6.90. The molecule has 2 rings (SSSR count). The summed E-state index contributed by atoms with van der Waals surface area (Å²) >= 11 is 0. The lowest BCUT2D eigenvalue weighted by Gasteiger charge is -2.50. The van der Waals surface area contributed by atoms with E-state index in [1.54, 1.807) is 0 Å². The highest BCUT2D eigenvalue weighted by atomic mass is 16.4. The summed E-state index contributed by atoms with van der Waals surface area (Å²) in [7, 11) is 0. The first-order chi connectivity index (χ1) is 14.2. The third kappa shape index (κ3) is 5.99. The number of hydrogen-bond acceptors (Lipinski definition) is 2. The first-order valence-corrected chi connectivity index (χ1v) is 12.1. The summed E-state index contributed by atoms with van der Waals surface area (Å²) in [6, 6.07) is 2.04. The Morgan fingerprint density at radius 2 is 2.00 bits per heavy atom. The number of carbonyl (C=O) groups is 1. The molecule has 0 aromatic rings. The topological polar surface area (TPSA) is 61.1 Å². The predicted molar refractivity (Wildman–Crippen MR) is 124 cm³/mol. The molecule has 6 atom stereocenters. The smallest absolute Gasteiger partial charge is 0.303 e. The monoisotopic (exact) mass is 413 g/mol. The van der Waals surface area contributed by atoms with E-state index >= 15 is 0 Å². The molecule has 0 saturated heterocycles. The van der Waals surface area contributed by atoms with Crippen molar-refractivity contribution in [1.29, 1.82) is 5.26 Å². The van der Waals surface area contributed by atoms with Crippen LogP contribution in [-0.4, -0.2) is 11.1 Å². The molecule has 2 saturated carbocycles. The van der Waals surface area contributed by atoms with Gasteiger partial charge in [-0.2, -0.15) is 5.26 Å². The number of allylic oxidation sites excluding steroid dienone is 3. The van der Waals surface area contributed by atoms with Crippen LogP contribution >= 0.6 is 0 Å². The Morgan fingerprint density at radius 3 is 2.63 bits per heavy atom. The molecule has 0 spiro atoms. The predicted octanol–water partition coefficient (Wildman–Crippen LogP) is 7.40. The standard InChI is InChI=1S/C27H43NO2/c1-19(2)10-9-12-21(4)24-13-14-25-23(18-26(29)30)22(15-16-27(24,25)5)20(3)11-7-6-8-17-28/h6,8,19,21-25H,3,7,9-16,18H2,1-2,4-5H3,(H,29,30)/b8-6-/t21-,22-,23-,24-,25+,27-/m1/s1. The molecule has 3 heteroatoms. The third-order valence-corrected chi connectivity index (χ3v) is 8.40. The summed E-state index contributed by atoms with van der Waals surface area (Å²) in [5, 5.41) is 18.4. The SMILES string of the molecule is C=C(CC/C=C\C#N)[C@H]1CC[C@]2(C)[C@@H]([C@H](C)CCCC(C)C)CC[C@H]2[C@@H]1CC(=O)O. The van der Waals surface area contributed by atoms with Gasteiger partial charge in [0.05, 0.1) is 6.07 Å². The van der Waals surface area contributed by atoms with Crippen LogP contribution in [0.25, 0.3) is 0 Å². The van der Waals surface area contributed by atoms with Crippen molar-refractivity contribution in [3.8, 4) is 6.07 Å². The van der Waals surface area contributed by atoms with Crippen molar-refractivity contribution in [3.63, 3.8) is 0 Å². The van der Waals surface area contributed by atoms with Crippen LogP contribution in [0, 0.1) is 52.3 Å². The first kappa shape index (κ1) is 24.7. The molecule has 0 aromatic carbocycles. The summed E-state index contributed by atoms with van der Waals surface area (Å²) in [5.41, 5.74) is 1.47. The zero-order chi connectivity index (χ0) is 22.3. The van der Waals surface area contributed by atoms with Crippen molar-refractivity contribution in [2.24, 2.45) is 40.9 Å². The number of carboxylic acid groups (broad SMARTS) is 1. The molecule has 30 heavy (non-hydrogen) atoms. The Bertz CT molecular complexity index is 658. The molecule has 0 bridgehead atoms. The van der Waals surface area contributed by atoms with Gasteiger partial charge < -0.3 is 5.11 Å². The molecule has 3 nitrogen and oxygen atoms in total. The van der Waals surface area contributed by atoms with E-state index in [2.05, 4.69) is 34.3 Å². The number of hydrogen-bond donors (Lipinski definition) is 1. The molecule has 2 aliphatic rings. The molecule has 0 unspecified atom stereocenters. The highest BCUT2D eigenvalue weighted by Crippen LogP contribution is 2.62. The molecule has 0 aliphatic heterocycles. The molecular formula is C27H43NO2. The van der Waals surface area contributed by atoms with Gasteiger partial charge in [0, 0.05) is 12.5 Å². The third-order valence-electron chi connectivity index (χ3n) is 8.40. The second kappa shape index (κ2) is 11.2. The van der Waals surface area contributed by atoms with Crippen LogP contribution in [-0.2, 0) is 4.79 Å². The molecule has 0 amide bonds. The molecule has 2 fully saturated rings. The minimum absolute atomic E-state index is 0.210. The van der Waals surface area contributed by atoms with Crippen LogP contribution in [0.4, 0.5) is 0 Å². The summed E-state index contributed by atoms with van der Waals surface area (Å²) in [6.07, 6.45) is 14.0. The zero-order valence-electron chi connectivity index (χ0n) is 19.7. The number of aliphatic carboxylic acids is 1. The molecule has 0 heterocycles. The summed E-state index contributed by atoms with van der Waals surface area (Å²) < 4.78 is 0.